The van der Waals surface area contributed by atoms with Crippen molar-refractivity contribution in [2.45, 2.75) is 32.3 Å². The lowest BCUT2D eigenvalue weighted by molar-refractivity contribution is -0.147. The molecule has 0 bridgehead atoms. The lowest BCUT2D eigenvalue weighted by Crippen LogP contribution is -2.11. The first-order valence-electron chi connectivity index (χ1n) is 6.38. The number of rotatable bonds is 5. The van der Waals surface area contributed by atoms with Crippen molar-refractivity contribution in [3.63, 3.8) is 0 Å². The predicted octanol–water partition coefficient (Wildman–Crippen LogP) is 4.53. The minimum absolute atomic E-state index is 0.163. The normalized spacial score (nSPS) is 14.1. The minimum atomic E-state index is -0.225. The first kappa shape index (κ1) is 14.3. The maximum atomic E-state index is 11.3. The Kier molecular flexibility index (Phi) is 4.80. The van der Waals surface area contributed by atoms with Crippen LogP contribution in [-0.4, -0.2) is 5.97 Å². The molecule has 0 spiro atoms. The SMILES string of the molecule is CC(=O)O[C@H](C[C@@H](C)c1ccc[cH-]1)[c-]1cccc1I. The zero-order chi connectivity index (χ0) is 13.8. The maximum absolute atomic E-state index is 11.3. The van der Waals surface area contributed by atoms with Crippen LogP contribution in [-0.2, 0) is 9.53 Å². The molecule has 0 saturated carbocycles. The molecule has 2 atom stereocenters. The molecule has 2 aromatic rings. The van der Waals surface area contributed by atoms with E-state index in [0.717, 1.165) is 15.6 Å². The molecule has 0 aliphatic carbocycles. The van der Waals surface area contributed by atoms with Gasteiger partial charge in [0.25, 0.3) is 0 Å². The standard InChI is InChI=1S/C16H17IO2/c1-11(13-6-3-4-7-13)10-16(19-12(2)18)14-8-5-9-15(14)17/h3-9,11,16H,10H2,1-2H3/q-2/t11-,16-/m1/s1. The molecule has 3 heteroatoms. The van der Waals surface area contributed by atoms with Crippen LogP contribution in [0.2, 0.25) is 0 Å². The van der Waals surface area contributed by atoms with Gasteiger partial charge in [0.1, 0.15) is 0 Å². The summed E-state index contributed by atoms with van der Waals surface area (Å²) in [6.07, 6.45) is 0.646. The van der Waals surface area contributed by atoms with Crippen molar-refractivity contribution in [1.82, 2.24) is 0 Å². The van der Waals surface area contributed by atoms with Crippen molar-refractivity contribution in [1.29, 1.82) is 0 Å². The van der Waals surface area contributed by atoms with Crippen LogP contribution in [0.3, 0.4) is 0 Å². The molecule has 0 amide bonds. The highest BCUT2D eigenvalue weighted by atomic mass is 127. The molecule has 0 radical (unpaired) electrons. The molecule has 19 heavy (non-hydrogen) atoms. The van der Waals surface area contributed by atoms with E-state index in [0.29, 0.717) is 5.92 Å². The molecule has 0 N–H and O–H groups in total. The highest BCUT2D eigenvalue weighted by Gasteiger charge is 2.16. The summed E-state index contributed by atoms with van der Waals surface area (Å²) < 4.78 is 6.65. The Morgan fingerprint density at radius 2 is 2.26 bits per heavy atom. The van der Waals surface area contributed by atoms with Gasteiger partial charge < -0.3 is 4.74 Å². The third kappa shape index (κ3) is 3.69. The van der Waals surface area contributed by atoms with Crippen LogP contribution in [0, 0.1) is 3.57 Å². The van der Waals surface area contributed by atoms with Crippen LogP contribution in [0.15, 0.2) is 42.5 Å². The topological polar surface area (TPSA) is 26.3 Å². The Hall–Kier alpha value is -1.10. The predicted molar refractivity (Wildman–Crippen MR) is 84.3 cm³/mol. The van der Waals surface area contributed by atoms with Crippen molar-refractivity contribution in [2.75, 3.05) is 0 Å². The first-order valence-corrected chi connectivity index (χ1v) is 7.45. The van der Waals surface area contributed by atoms with E-state index in [1.54, 1.807) is 0 Å². The van der Waals surface area contributed by atoms with Gasteiger partial charge in [-0.1, -0.05) is 29.5 Å². The molecule has 0 heterocycles. The van der Waals surface area contributed by atoms with E-state index >= 15 is 0 Å². The quantitative estimate of drug-likeness (QED) is 0.441. The molecule has 0 aromatic heterocycles. The van der Waals surface area contributed by atoms with Crippen molar-refractivity contribution in [2.24, 2.45) is 0 Å². The van der Waals surface area contributed by atoms with Crippen molar-refractivity contribution in [3.8, 4) is 0 Å². The molecule has 0 fully saturated rings. The Labute approximate surface area is 127 Å². The van der Waals surface area contributed by atoms with Gasteiger partial charge in [0, 0.05) is 6.92 Å². The molecule has 0 aliphatic rings. The molecule has 102 valence electrons. The Bertz CT molecular complexity index is 525. The Balaban J connectivity index is 2.15. The second-order valence-electron chi connectivity index (χ2n) is 4.78. The fraction of sp³-hybridized carbons (Fsp3) is 0.312. The fourth-order valence-electron chi connectivity index (χ4n) is 2.29. The second kappa shape index (κ2) is 6.37. The number of halogens is 1. The third-order valence-electron chi connectivity index (χ3n) is 3.27. The summed E-state index contributed by atoms with van der Waals surface area (Å²) >= 11 is 2.29. The highest BCUT2D eigenvalue weighted by molar-refractivity contribution is 14.1. The largest absolute Gasteiger partial charge is 0.470 e. The summed E-state index contributed by atoms with van der Waals surface area (Å²) in [5.74, 6) is 0.141. The molecular weight excluding hydrogens is 351 g/mol. The van der Waals surface area contributed by atoms with E-state index in [-0.39, 0.29) is 12.1 Å². The number of ether oxygens (including phenoxy) is 1. The van der Waals surface area contributed by atoms with Crippen LogP contribution in [0.4, 0.5) is 0 Å². The average Bonchev–Trinajstić information content (AvgIpc) is 2.97. The molecule has 0 aliphatic heterocycles. The van der Waals surface area contributed by atoms with E-state index in [1.807, 2.05) is 30.3 Å². The lowest BCUT2D eigenvalue weighted by Gasteiger charge is -2.25. The monoisotopic (exact) mass is 368 g/mol. The summed E-state index contributed by atoms with van der Waals surface area (Å²) in [7, 11) is 0. The molecular formula is C16H17IO2-2. The Morgan fingerprint density at radius 3 is 2.79 bits per heavy atom. The minimum Gasteiger partial charge on any atom is -0.470 e. The summed E-state index contributed by atoms with van der Waals surface area (Å²) in [5.41, 5.74) is 2.40. The zero-order valence-electron chi connectivity index (χ0n) is 11.1. The van der Waals surface area contributed by atoms with E-state index < -0.39 is 0 Å². The lowest BCUT2D eigenvalue weighted by atomic mass is 9.94. The van der Waals surface area contributed by atoms with Gasteiger partial charge >= 0.3 is 5.97 Å². The van der Waals surface area contributed by atoms with Gasteiger partial charge in [-0.25, -0.2) is 24.3 Å². The van der Waals surface area contributed by atoms with Gasteiger partial charge in [-0.2, -0.15) is 23.8 Å². The van der Waals surface area contributed by atoms with E-state index in [9.17, 15) is 4.79 Å². The maximum Gasteiger partial charge on any atom is 0.302 e. The van der Waals surface area contributed by atoms with Gasteiger partial charge in [-0.3, -0.25) is 4.79 Å². The van der Waals surface area contributed by atoms with Gasteiger partial charge in [0.2, 0.25) is 0 Å². The number of carbonyl (C=O) groups excluding carboxylic acids is 1. The average molecular weight is 368 g/mol. The smallest absolute Gasteiger partial charge is 0.302 e. The van der Waals surface area contributed by atoms with Crippen LogP contribution in [0.1, 0.15) is 43.4 Å². The van der Waals surface area contributed by atoms with Crippen molar-refractivity contribution in [3.05, 3.63) is 57.2 Å². The third-order valence-corrected chi connectivity index (χ3v) is 4.26. The molecule has 2 nitrogen and oxygen atoms in total. The molecule has 2 rings (SSSR count). The van der Waals surface area contributed by atoms with Crippen LogP contribution in [0.5, 0.6) is 0 Å². The van der Waals surface area contributed by atoms with Crippen molar-refractivity contribution < 1.29 is 9.53 Å². The number of carbonyl (C=O) groups is 1. The van der Waals surface area contributed by atoms with Gasteiger partial charge in [0.15, 0.2) is 0 Å². The van der Waals surface area contributed by atoms with E-state index in [2.05, 4.69) is 41.6 Å². The zero-order valence-corrected chi connectivity index (χ0v) is 13.3. The number of hydrogen-bond donors (Lipinski definition) is 0. The number of hydrogen-bond acceptors (Lipinski definition) is 2. The second-order valence-corrected chi connectivity index (χ2v) is 5.94. The Morgan fingerprint density at radius 1 is 1.47 bits per heavy atom. The van der Waals surface area contributed by atoms with Crippen LogP contribution >= 0.6 is 22.6 Å². The molecule has 2 aromatic carbocycles. The van der Waals surface area contributed by atoms with E-state index in [1.165, 1.54) is 12.5 Å². The van der Waals surface area contributed by atoms with Crippen LogP contribution < -0.4 is 0 Å². The summed E-state index contributed by atoms with van der Waals surface area (Å²) in [6.45, 7) is 3.64. The molecule has 0 saturated heterocycles. The number of esters is 1. The summed E-state index contributed by atoms with van der Waals surface area (Å²) in [6, 6.07) is 14.4. The molecule has 0 unspecified atom stereocenters. The van der Waals surface area contributed by atoms with Gasteiger partial charge in [-0.15, -0.1) is 9.13 Å². The summed E-state index contributed by atoms with van der Waals surface area (Å²) in [4.78, 5) is 11.3. The van der Waals surface area contributed by atoms with Gasteiger partial charge in [-0.05, 0) is 12.3 Å². The highest BCUT2D eigenvalue weighted by Crippen LogP contribution is 2.33. The fourth-order valence-corrected chi connectivity index (χ4v) is 3.02. The summed E-state index contributed by atoms with van der Waals surface area (Å²) in [5, 5.41) is 0. The van der Waals surface area contributed by atoms with Crippen molar-refractivity contribution >= 4 is 28.6 Å². The first-order chi connectivity index (χ1) is 9.08. The van der Waals surface area contributed by atoms with Gasteiger partial charge in [0.05, 0.1) is 6.10 Å². The van der Waals surface area contributed by atoms with E-state index in [4.69, 9.17) is 4.74 Å². The van der Waals surface area contributed by atoms with Crippen LogP contribution in [0.25, 0.3) is 0 Å².